The van der Waals surface area contributed by atoms with Crippen molar-refractivity contribution in [1.29, 1.82) is 0 Å². The quantitative estimate of drug-likeness (QED) is 0.616. The number of carbonyl (C=O) groups excluding carboxylic acids is 1. The molecule has 100 valence electrons. The number of hydrogen-bond acceptors (Lipinski definition) is 4. The summed E-state index contributed by atoms with van der Waals surface area (Å²) in [6, 6.07) is -0.0147. The summed E-state index contributed by atoms with van der Waals surface area (Å²) in [5, 5.41) is 15.2. The summed E-state index contributed by atoms with van der Waals surface area (Å²) in [5.74, 6) is -0.100. The molecule has 1 saturated heterocycles. The number of ether oxygens (including phenoxy) is 1. The van der Waals surface area contributed by atoms with Gasteiger partial charge in [-0.3, -0.25) is 4.79 Å². The van der Waals surface area contributed by atoms with Crippen LogP contribution < -0.4 is 10.6 Å². The molecule has 1 aliphatic rings. The Kier molecular flexibility index (Phi) is 6.47. The van der Waals surface area contributed by atoms with E-state index >= 15 is 0 Å². The summed E-state index contributed by atoms with van der Waals surface area (Å²) in [6.45, 7) is 5.65. The van der Waals surface area contributed by atoms with E-state index in [2.05, 4.69) is 10.6 Å². The van der Waals surface area contributed by atoms with Crippen molar-refractivity contribution in [3.63, 3.8) is 0 Å². The molecule has 0 aromatic rings. The molecule has 0 spiro atoms. The second-order valence-electron chi connectivity index (χ2n) is 4.81. The van der Waals surface area contributed by atoms with E-state index in [1.54, 1.807) is 6.92 Å². The third kappa shape index (κ3) is 6.61. The van der Waals surface area contributed by atoms with Crippen LogP contribution in [0.1, 0.15) is 33.1 Å². The van der Waals surface area contributed by atoms with Gasteiger partial charge in [0.15, 0.2) is 0 Å². The van der Waals surface area contributed by atoms with Gasteiger partial charge in [-0.05, 0) is 46.2 Å². The van der Waals surface area contributed by atoms with Crippen LogP contribution in [0.15, 0.2) is 0 Å². The number of amides is 1. The lowest BCUT2D eigenvalue weighted by molar-refractivity contribution is -0.129. The lowest BCUT2D eigenvalue weighted by atomic mass is 10.1. The van der Waals surface area contributed by atoms with Gasteiger partial charge in [-0.25, -0.2) is 0 Å². The zero-order chi connectivity index (χ0) is 12.7. The Morgan fingerprint density at radius 2 is 2.12 bits per heavy atom. The van der Waals surface area contributed by atoms with Crippen molar-refractivity contribution in [2.45, 2.75) is 51.4 Å². The van der Waals surface area contributed by atoms with Crippen molar-refractivity contribution < 1.29 is 14.6 Å². The summed E-state index contributed by atoms with van der Waals surface area (Å²) in [5.41, 5.74) is 0. The number of hydrogen-bond donors (Lipinski definition) is 3. The maximum atomic E-state index is 11.5. The molecule has 0 bridgehead atoms. The highest BCUT2D eigenvalue weighted by atomic mass is 16.5. The third-order valence-electron chi connectivity index (χ3n) is 2.84. The largest absolute Gasteiger partial charge is 0.393 e. The van der Waals surface area contributed by atoms with Gasteiger partial charge in [0, 0.05) is 6.04 Å². The average Bonchev–Trinajstić information content (AvgIpc) is 2.26. The minimum absolute atomic E-state index is 0.0147. The van der Waals surface area contributed by atoms with Crippen LogP contribution >= 0.6 is 0 Å². The van der Waals surface area contributed by atoms with E-state index in [1.807, 2.05) is 6.92 Å². The first-order valence-electron chi connectivity index (χ1n) is 6.37. The molecule has 2 unspecified atom stereocenters. The Balaban J connectivity index is 2.11. The first-order chi connectivity index (χ1) is 8.08. The van der Waals surface area contributed by atoms with Gasteiger partial charge in [0.25, 0.3) is 0 Å². The Labute approximate surface area is 103 Å². The molecule has 1 rings (SSSR count). The monoisotopic (exact) mass is 244 g/mol. The molecule has 3 N–H and O–H groups in total. The van der Waals surface area contributed by atoms with Crippen LogP contribution in [0.2, 0.25) is 0 Å². The van der Waals surface area contributed by atoms with E-state index in [0.29, 0.717) is 6.42 Å². The van der Waals surface area contributed by atoms with Crippen LogP contribution in [0.4, 0.5) is 0 Å². The van der Waals surface area contributed by atoms with E-state index in [4.69, 9.17) is 4.74 Å². The van der Waals surface area contributed by atoms with Gasteiger partial charge in [0.05, 0.1) is 12.2 Å². The maximum absolute atomic E-state index is 11.5. The zero-order valence-electron chi connectivity index (χ0n) is 10.7. The molecule has 5 nitrogen and oxygen atoms in total. The molecule has 1 heterocycles. The Morgan fingerprint density at radius 3 is 2.71 bits per heavy atom. The Hall–Kier alpha value is -0.650. The minimum Gasteiger partial charge on any atom is -0.393 e. The van der Waals surface area contributed by atoms with Crippen molar-refractivity contribution >= 4 is 5.91 Å². The molecule has 0 aromatic carbocycles. The smallest absolute Gasteiger partial charge is 0.246 e. The molecule has 5 heteroatoms. The standard InChI is InChI=1S/C12H24N2O3/c1-9(7-10(2)15)14-12(16)8-17-11-3-5-13-6-4-11/h9-11,13,15H,3-8H2,1-2H3,(H,14,16). The van der Waals surface area contributed by atoms with Crippen molar-refractivity contribution in [2.75, 3.05) is 19.7 Å². The fourth-order valence-corrected chi connectivity index (χ4v) is 2.04. The fraction of sp³-hybridized carbons (Fsp3) is 0.917. The molecular formula is C12H24N2O3. The zero-order valence-corrected chi connectivity index (χ0v) is 10.7. The molecule has 0 aliphatic carbocycles. The van der Waals surface area contributed by atoms with Crippen LogP contribution in [0.25, 0.3) is 0 Å². The van der Waals surface area contributed by atoms with Gasteiger partial charge >= 0.3 is 0 Å². The highest BCUT2D eigenvalue weighted by Crippen LogP contribution is 2.06. The molecule has 1 amide bonds. The lowest BCUT2D eigenvalue weighted by Gasteiger charge is -2.23. The summed E-state index contributed by atoms with van der Waals surface area (Å²) in [6.07, 6.45) is 2.32. The van der Waals surface area contributed by atoms with Crippen LogP contribution in [0.3, 0.4) is 0 Å². The maximum Gasteiger partial charge on any atom is 0.246 e. The average molecular weight is 244 g/mol. The predicted octanol–water partition coefficient (Wildman–Crippen LogP) is 0.0306. The number of carbonyl (C=O) groups is 1. The number of piperidine rings is 1. The molecule has 0 saturated carbocycles. The Bertz CT molecular complexity index is 228. The summed E-state index contributed by atoms with van der Waals surface area (Å²) < 4.78 is 5.54. The first kappa shape index (κ1) is 14.4. The summed E-state index contributed by atoms with van der Waals surface area (Å²) in [7, 11) is 0. The van der Waals surface area contributed by atoms with E-state index in [-0.39, 0.29) is 24.7 Å². The molecule has 0 radical (unpaired) electrons. The highest BCUT2D eigenvalue weighted by molar-refractivity contribution is 5.77. The second kappa shape index (κ2) is 7.63. The van der Waals surface area contributed by atoms with E-state index in [0.717, 1.165) is 25.9 Å². The summed E-state index contributed by atoms with van der Waals surface area (Å²) in [4.78, 5) is 11.5. The predicted molar refractivity (Wildman–Crippen MR) is 65.7 cm³/mol. The van der Waals surface area contributed by atoms with Crippen molar-refractivity contribution in [1.82, 2.24) is 10.6 Å². The molecule has 0 aromatic heterocycles. The van der Waals surface area contributed by atoms with Crippen LogP contribution in [0.5, 0.6) is 0 Å². The van der Waals surface area contributed by atoms with Gasteiger partial charge in [-0.2, -0.15) is 0 Å². The van der Waals surface area contributed by atoms with Crippen molar-refractivity contribution in [2.24, 2.45) is 0 Å². The molecule has 1 aliphatic heterocycles. The van der Waals surface area contributed by atoms with Gasteiger partial charge in [0.2, 0.25) is 5.91 Å². The van der Waals surface area contributed by atoms with Crippen molar-refractivity contribution in [3.05, 3.63) is 0 Å². The van der Waals surface area contributed by atoms with Crippen molar-refractivity contribution in [3.8, 4) is 0 Å². The van der Waals surface area contributed by atoms with Gasteiger partial charge in [-0.1, -0.05) is 0 Å². The van der Waals surface area contributed by atoms with Gasteiger partial charge < -0.3 is 20.5 Å². The fourth-order valence-electron chi connectivity index (χ4n) is 2.04. The first-order valence-corrected chi connectivity index (χ1v) is 6.37. The van der Waals surface area contributed by atoms with Crippen LogP contribution in [-0.4, -0.2) is 49.0 Å². The topological polar surface area (TPSA) is 70.6 Å². The summed E-state index contributed by atoms with van der Waals surface area (Å²) >= 11 is 0. The highest BCUT2D eigenvalue weighted by Gasteiger charge is 2.15. The second-order valence-corrected chi connectivity index (χ2v) is 4.81. The number of aliphatic hydroxyl groups is 1. The molecule has 17 heavy (non-hydrogen) atoms. The molecular weight excluding hydrogens is 220 g/mol. The number of aliphatic hydroxyl groups excluding tert-OH is 1. The number of nitrogens with one attached hydrogen (secondary N) is 2. The number of rotatable bonds is 6. The SMILES string of the molecule is CC(O)CC(C)NC(=O)COC1CCNCC1. The normalized spacial score (nSPS) is 20.9. The Morgan fingerprint density at radius 1 is 1.47 bits per heavy atom. The minimum atomic E-state index is -0.393. The third-order valence-corrected chi connectivity index (χ3v) is 2.84. The molecule has 2 atom stereocenters. The lowest BCUT2D eigenvalue weighted by Crippen LogP contribution is -2.39. The molecule has 1 fully saturated rings. The van der Waals surface area contributed by atoms with E-state index < -0.39 is 6.10 Å². The van der Waals surface area contributed by atoms with Gasteiger partial charge in [0.1, 0.15) is 6.61 Å². The van der Waals surface area contributed by atoms with Crippen LogP contribution in [0, 0.1) is 0 Å². The van der Waals surface area contributed by atoms with E-state index in [1.165, 1.54) is 0 Å². The van der Waals surface area contributed by atoms with E-state index in [9.17, 15) is 9.90 Å². The van der Waals surface area contributed by atoms with Gasteiger partial charge in [-0.15, -0.1) is 0 Å². The van der Waals surface area contributed by atoms with Crippen LogP contribution in [-0.2, 0) is 9.53 Å².